The molecule has 3 rings (SSSR count). The lowest BCUT2D eigenvalue weighted by Crippen LogP contribution is -2.06. The minimum atomic E-state index is -0.351. The molecule has 1 aliphatic heterocycles. The van der Waals surface area contributed by atoms with Crippen LogP contribution < -0.4 is 0 Å². The maximum absolute atomic E-state index is 12.7. The van der Waals surface area contributed by atoms with Crippen LogP contribution in [0.3, 0.4) is 0 Å². The predicted molar refractivity (Wildman–Crippen MR) is 80.4 cm³/mol. The zero-order valence-corrected chi connectivity index (χ0v) is 12.3. The van der Waals surface area contributed by atoms with Gasteiger partial charge in [0.15, 0.2) is 12.1 Å². The number of aryl methyl sites for hydroxylation is 1. The van der Waals surface area contributed by atoms with Gasteiger partial charge in [-0.2, -0.15) is 0 Å². The van der Waals surface area contributed by atoms with Crippen LogP contribution in [0.25, 0.3) is 0 Å². The molecule has 0 bridgehead atoms. The fourth-order valence-electron chi connectivity index (χ4n) is 2.53. The van der Waals surface area contributed by atoms with Crippen molar-refractivity contribution in [2.24, 2.45) is 0 Å². The van der Waals surface area contributed by atoms with E-state index in [1.165, 1.54) is 0 Å². The molecule has 0 atom stereocenters. The number of hydrogen-bond donors (Lipinski definition) is 0. The molecular formula is C18H18O3. The Hall–Kier alpha value is -1.97. The third-order valence-electron chi connectivity index (χ3n) is 3.89. The van der Waals surface area contributed by atoms with Crippen LogP contribution in [0.15, 0.2) is 42.5 Å². The van der Waals surface area contributed by atoms with E-state index < -0.39 is 0 Å². The van der Waals surface area contributed by atoms with Gasteiger partial charge in [-0.25, -0.2) is 0 Å². The average molecular weight is 282 g/mol. The third-order valence-corrected chi connectivity index (χ3v) is 3.89. The lowest BCUT2D eigenvalue weighted by molar-refractivity contribution is -0.0441. The number of carbonyl (C=O) groups excluding carboxylic acids is 1. The maximum atomic E-state index is 12.7. The first kappa shape index (κ1) is 14.0. The quantitative estimate of drug-likeness (QED) is 0.807. The van der Waals surface area contributed by atoms with E-state index in [0.29, 0.717) is 18.8 Å². The summed E-state index contributed by atoms with van der Waals surface area (Å²) in [4.78, 5) is 12.7. The van der Waals surface area contributed by atoms with Gasteiger partial charge in [-0.15, -0.1) is 0 Å². The molecular weight excluding hydrogens is 264 g/mol. The number of carbonyl (C=O) groups is 1. The summed E-state index contributed by atoms with van der Waals surface area (Å²) in [5.41, 5.74) is 4.46. The van der Waals surface area contributed by atoms with Gasteiger partial charge in [-0.05, 0) is 31.0 Å². The summed E-state index contributed by atoms with van der Waals surface area (Å²) in [6.07, 6.45) is -0.351. The van der Waals surface area contributed by atoms with Crippen LogP contribution in [0.1, 0.15) is 38.9 Å². The SMILES string of the molecule is Cc1cccc(C(=O)c2cccc(C3OCCO3)c2)c1C. The smallest absolute Gasteiger partial charge is 0.193 e. The first-order chi connectivity index (χ1) is 10.2. The first-order valence-electron chi connectivity index (χ1n) is 7.11. The Morgan fingerprint density at radius 1 is 1.05 bits per heavy atom. The molecule has 0 spiro atoms. The fourth-order valence-corrected chi connectivity index (χ4v) is 2.53. The highest BCUT2D eigenvalue weighted by molar-refractivity contribution is 6.10. The molecule has 2 aromatic rings. The zero-order chi connectivity index (χ0) is 14.8. The highest BCUT2D eigenvalue weighted by atomic mass is 16.7. The fraction of sp³-hybridized carbons (Fsp3) is 0.278. The molecule has 0 N–H and O–H groups in total. The van der Waals surface area contributed by atoms with Crippen LogP contribution in [0.5, 0.6) is 0 Å². The van der Waals surface area contributed by atoms with Crippen molar-refractivity contribution >= 4 is 5.78 Å². The van der Waals surface area contributed by atoms with Gasteiger partial charge in [0.05, 0.1) is 13.2 Å². The molecule has 0 aromatic heterocycles. The van der Waals surface area contributed by atoms with E-state index in [9.17, 15) is 4.79 Å². The number of rotatable bonds is 3. The van der Waals surface area contributed by atoms with Crippen molar-refractivity contribution < 1.29 is 14.3 Å². The molecule has 0 radical (unpaired) electrons. The van der Waals surface area contributed by atoms with Gasteiger partial charge in [0.25, 0.3) is 0 Å². The van der Waals surface area contributed by atoms with Crippen LogP contribution in [0.2, 0.25) is 0 Å². The van der Waals surface area contributed by atoms with Gasteiger partial charge < -0.3 is 9.47 Å². The van der Waals surface area contributed by atoms with E-state index in [1.807, 2.05) is 56.3 Å². The van der Waals surface area contributed by atoms with Crippen LogP contribution >= 0.6 is 0 Å². The molecule has 21 heavy (non-hydrogen) atoms. The second-order valence-corrected chi connectivity index (χ2v) is 5.28. The number of ether oxygens (including phenoxy) is 2. The Balaban J connectivity index is 1.94. The third kappa shape index (κ3) is 2.75. The molecule has 1 saturated heterocycles. The first-order valence-corrected chi connectivity index (χ1v) is 7.11. The summed E-state index contributed by atoms with van der Waals surface area (Å²) in [5, 5.41) is 0. The van der Waals surface area contributed by atoms with Crippen molar-refractivity contribution in [3.8, 4) is 0 Å². The average Bonchev–Trinajstić information content (AvgIpc) is 3.04. The Kier molecular flexibility index (Phi) is 3.86. The lowest BCUT2D eigenvalue weighted by atomic mass is 9.95. The zero-order valence-electron chi connectivity index (χ0n) is 12.3. The maximum Gasteiger partial charge on any atom is 0.193 e. The van der Waals surface area contributed by atoms with E-state index in [0.717, 1.165) is 22.3 Å². The molecule has 0 unspecified atom stereocenters. The van der Waals surface area contributed by atoms with Crippen LogP contribution in [-0.4, -0.2) is 19.0 Å². The molecule has 1 fully saturated rings. The van der Waals surface area contributed by atoms with Crippen molar-refractivity contribution in [2.75, 3.05) is 13.2 Å². The van der Waals surface area contributed by atoms with Crippen molar-refractivity contribution in [2.45, 2.75) is 20.1 Å². The Labute approximate surface area is 124 Å². The lowest BCUT2D eigenvalue weighted by Gasteiger charge is -2.12. The standard InChI is InChI=1S/C18H18O3/c1-12-5-3-8-16(13(12)2)17(19)14-6-4-7-15(11-14)18-20-9-10-21-18/h3-8,11,18H,9-10H2,1-2H3. The molecule has 0 amide bonds. The molecule has 2 aromatic carbocycles. The van der Waals surface area contributed by atoms with E-state index in [1.54, 1.807) is 0 Å². The Bertz CT molecular complexity index is 670. The monoisotopic (exact) mass is 282 g/mol. The Morgan fingerprint density at radius 2 is 1.76 bits per heavy atom. The molecule has 3 heteroatoms. The summed E-state index contributed by atoms with van der Waals surface area (Å²) in [6.45, 7) is 5.19. The molecule has 0 saturated carbocycles. The van der Waals surface area contributed by atoms with Crippen LogP contribution in [0.4, 0.5) is 0 Å². The molecule has 108 valence electrons. The number of benzene rings is 2. The summed E-state index contributed by atoms with van der Waals surface area (Å²) < 4.78 is 11.0. The molecule has 3 nitrogen and oxygen atoms in total. The van der Waals surface area contributed by atoms with Crippen molar-refractivity contribution in [3.05, 3.63) is 70.3 Å². The minimum absolute atomic E-state index is 0.0380. The van der Waals surface area contributed by atoms with Crippen molar-refractivity contribution in [1.29, 1.82) is 0 Å². The molecule has 0 aliphatic carbocycles. The van der Waals surface area contributed by atoms with Gasteiger partial charge in [-0.3, -0.25) is 4.79 Å². The summed E-state index contributed by atoms with van der Waals surface area (Å²) in [7, 11) is 0. The van der Waals surface area contributed by atoms with Crippen LogP contribution in [0, 0.1) is 13.8 Å². The highest BCUT2D eigenvalue weighted by Crippen LogP contribution is 2.25. The minimum Gasteiger partial charge on any atom is -0.346 e. The Morgan fingerprint density at radius 3 is 2.52 bits per heavy atom. The van der Waals surface area contributed by atoms with E-state index in [4.69, 9.17) is 9.47 Å². The van der Waals surface area contributed by atoms with Gasteiger partial charge in [0.2, 0.25) is 0 Å². The molecule has 1 heterocycles. The summed E-state index contributed by atoms with van der Waals surface area (Å²) >= 11 is 0. The number of ketones is 1. The number of hydrogen-bond acceptors (Lipinski definition) is 3. The van der Waals surface area contributed by atoms with Gasteiger partial charge in [0.1, 0.15) is 0 Å². The second kappa shape index (κ2) is 5.80. The van der Waals surface area contributed by atoms with Crippen molar-refractivity contribution in [1.82, 2.24) is 0 Å². The van der Waals surface area contributed by atoms with E-state index >= 15 is 0 Å². The van der Waals surface area contributed by atoms with Crippen LogP contribution in [-0.2, 0) is 9.47 Å². The second-order valence-electron chi connectivity index (χ2n) is 5.28. The topological polar surface area (TPSA) is 35.5 Å². The van der Waals surface area contributed by atoms with Gasteiger partial charge in [-0.1, -0.05) is 36.4 Å². The van der Waals surface area contributed by atoms with Gasteiger partial charge in [0, 0.05) is 16.7 Å². The summed E-state index contributed by atoms with van der Waals surface area (Å²) in [6, 6.07) is 13.3. The van der Waals surface area contributed by atoms with E-state index in [2.05, 4.69) is 0 Å². The van der Waals surface area contributed by atoms with Crippen molar-refractivity contribution in [3.63, 3.8) is 0 Å². The summed E-state index contributed by atoms with van der Waals surface area (Å²) in [5.74, 6) is 0.0380. The van der Waals surface area contributed by atoms with Gasteiger partial charge >= 0.3 is 0 Å². The van der Waals surface area contributed by atoms with E-state index in [-0.39, 0.29) is 12.1 Å². The normalized spacial score (nSPS) is 15.3. The largest absolute Gasteiger partial charge is 0.346 e. The highest BCUT2D eigenvalue weighted by Gasteiger charge is 2.20. The predicted octanol–water partition coefficient (Wildman–Crippen LogP) is 3.58. The molecule has 1 aliphatic rings.